The lowest BCUT2D eigenvalue weighted by Crippen LogP contribution is -2.33. The maximum atomic E-state index is 12.2. The molecule has 1 amide bonds. The van der Waals surface area contributed by atoms with Crippen LogP contribution in [0.3, 0.4) is 0 Å². The zero-order valence-corrected chi connectivity index (χ0v) is 13.5. The molecule has 0 aliphatic heterocycles. The molecule has 0 atom stereocenters. The molecule has 0 saturated heterocycles. The van der Waals surface area contributed by atoms with Crippen LogP contribution in [0.4, 0.5) is 5.69 Å². The lowest BCUT2D eigenvalue weighted by Gasteiger charge is -2.09. The fourth-order valence-electron chi connectivity index (χ4n) is 2.01. The molecule has 1 heterocycles. The first kappa shape index (κ1) is 18.0. The van der Waals surface area contributed by atoms with Gasteiger partial charge in [0.15, 0.2) is 5.56 Å². The van der Waals surface area contributed by atoms with Crippen LogP contribution in [0, 0.1) is 0 Å². The maximum absolute atomic E-state index is 12.2. The Hall–Kier alpha value is -3.33. The van der Waals surface area contributed by atoms with Crippen molar-refractivity contribution in [3.05, 3.63) is 46.3 Å². The minimum Gasteiger partial charge on any atom is -0.497 e. The Bertz CT molecular complexity index is 827. The van der Waals surface area contributed by atoms with E-state index in [2.05, 4.69) is 10.1 Å². The summed E-state index contributed by atoms with van der Waals surface area (Å²) in [6.07, 6.45) is 0. The topological polar surface area (TPSA) is 127 Å². The Labute approximate surface area is 142 Å². The first-order valence-electron chi connectivity index (χ1n) is 7.07. The van der Waals surface area contributed by atoms with E-state index in [4.69, 9.17) is 9.15 Å². The number of carbonyl (C=O) groups excluding carboxylic acids is 2. The van der Waals surface area contributed by atoms with Crippen LogP contribution in [0.15, 0.2) is 39.5 Å². The number of hydrogen-bond donors (Lipinski definition) is 3. The van der Waals surface area contributed by atoms with E-state index in [1.807, 2.05) is 0 Å². The standard InChI is InChI=1S/C16H16N2O7/c1-23-10-5-3-9(4-6-10)12-7-11(18-22)14(16(21)25-12)15(20)17-8-13(19)24-2/h3-7,18,22H,8H2,1-2H3,(H,17,20). The molecular formula is C16H16N2O7. The molecule has 0 unspecified atom stereocenters. The van der Waals surface area contributed by atoms with Gasteiger partial charge in [-0.05, 0) is 24.3 Å². The van der Waals surface area contributed by atoms with Crippen molar-refractivity contribution in [1.82, 2.24) is 5.32 Å². The van der Waals surface area contributed by atoms with Gasteiger partial charge in [0.1, 0.15) is 18.1 Å². The van der Waals surface area contributed by atoms with E-state index in [1.54, 1.807) is 29.7 Å². The van der Waals surface area contributed by atoms with Crippen molar-refractivity contribution in [1.29, 1.82) is 0 Å². The lowest BCUT2D eigenvalue weighted by molar-refractivity contribution is -0.139. The second-order valence-electron chi connectivity index (χ2n) is 4.79. The van der Waals surface area contributed by atoms with E-state index in [-0.39, 0.29) is 11.4 Å². The summed E-state index contributed by atoms with van der Waals surface area (Å²) in [5.41, 5.74) is 0.717. The monoisotopic (exact) mass is 348 g/mol. The van der Waals surface area contributed by atoms with E-state index in [9.17, 15) is 19.6 Å². The van der Waals surface area contributed by atoms with E-state index in [0.717, 1.165) is 7.11 Å². The third kappa shape index (κ3) is 4.15. The van der Waals surface area contributed by atoms with Gasteiger partial charge >= 0.3 is 11.6 Å². The van der Waals surface area contributed by atoms with Crippen LogP contribution in [0.25, 0.3) is 11.3 Å². The van der Waals surface area contributed by atoms with Crippen molar-refractivity contribution in [3.63, 3.8) is 0 Å². The Morgan fingerprint density at radius 2 is 1.88 bits per heavy atom. The Morgan fingerprint density at radius 3 is 2.44 bits per heavy atom. The van der Waals surface area contributed by atoms with Crippen LogP contribution in [-0.4, -0.2) is 37.8 Å². The summed E-state index contributed by atoms with van der Waals surface area (Å²) in [7, 11) is 2.68. The molecule has 1 aromatic carbocycles. The van der Waals surface area contributed by atoms with Gasteiger partial charge in [0.05, 0.1) is 19.9 Å². The van der Waals surface area contributed by atoms with Crippen LogP contribution in [0.5, 0.6) is 5.75 Å². The molecule has 9 heteroatoms. The van der Waals surface area contributed by atoms with Gasteiger partial charge in [0, 0.05) is 11.6 Å². The molecule has 9 nitrogen and oxygen atoms in total. The Kier molecular flexibility index (Phi) is 5.75. The van der Waals surface area contributed by atoms with Gasteiger partial charge < -0.3 is 19.2 Å². The number of ether oxygens (including phenoxy) is 2. The third-order valence-corrected chi connectivity index (χ3v) is 3.29. The highest BCUT2D eigenvalue weighted by Crippen LogP contribution is 2.25. The summed E-state index contributed by atoms with van der Waals surface area (Å²) in [5.74, 6) is -0.831. The average molecular weight is 348 g/mol. The lowest BCUT2D eigenvalue weighted by atomic mass is 10.1. The second-order valence-corrected chi connectivity index (χ2v) is 4.79. The molecular weight excluding hydrogens is 332 g/mol. The van der Waals surface area contributed by atoms with E-state index >= 15 is 0 Å². The molecule has 0 saturated carbocycles. The average Bonchev–Trinajstić information content (AvgIpc) is 2.65. The number of rotatable bonds is 6. The van der Waals surface area contributed by atoms with E-state index < -0.39 is 29.6 Å². The summed E-state index contributed by atoms with van der Waals surface area (Å²) in [4.78, 5) is 35.3. The van der Waals surface area contributed by atoms with Gasteiger partial charge in [0.25, 0.3) is 5.91 Å². The molecule has 0 radical (unpaired) electrons. The Balaban J connectivity index is 2.35. The van der Waals surface area contributed by atoms with Crippen molar-refractivity contribution in [2.75, 3.05) is 26.2 Å². The molecule has 1 aromatic heterocycles. The quantitative estimate of drug-likeness (QED) is 0.521. The number of esters is 1. The summed E-state index contributed by atoms with van der Waals surface area (Å²) >= 11 is 0. The van der Waals surface area contributed by atoms with Gasteiger partial charge in [-0.25, -0.2) is 4.79 Å². The minimum absolute atomic E-state index is 0.133. The van der Waals surface area contributed by atoms with E-state index in [1.165, 1.54) is 13.2 Å². The van der Waals surface area contributed by atoms with Crippen LogP contribution >= 0.6 is 0 Å². The predicted octanol–water partition coefficient (Wildman–Crippen LogP) is 1.02. The summed E-state index contributed by atoms with van der Waals surface area (Å²) in [5, 5.41) is 11.4. The maximum Gasteiger partial charge on any atom is 0.351 e. The van der Waals surface area contributed by atoms with Gasteiger partial charge in [-0.1, -0.05) is 0 Å². The first-order valence-corrected chi connectivity index (χ1v) is 7.07. The number of methoxy groups -OCH3 is 2. The van der Waals surface area contributed by atoms with Gasteiger partial charge in [-0.3, -0.25) is 20.3 Å². The number of amides is 1. The van der Waals surface area contributed by atoms with E-state index in [0.29, 0.717) is 11.3 Å². The number of carbonyl (C=O) groups is 2. The number of anilines is 1. The Morgan fingerprint density at radius 1 is 1.20 bits per heavy atom. The highest BCUT2D eigenvalue weighted by Gasteiger charge is 2.20. The van der Waals surface area contributed by atoms with Crippen molar-refractivity contribution in [3.8, 4) is 17.1 Å². The number of nitrogens with one attached hydrogen (secondary N) is 2. The largest absolute Gasteiger partial charge is 0.497 e. The summed E-state index contributed by atoms with van der Waals surface area (Å²) in [6, 6.07) is 7.91. The van der Waals surface area contributed by atoms with Gasteiger partial charge in [-0.15, -0.1) is 0 Å². The third-order valence-electron chi connectivity index (χ3n) is 3.29. The fraction of sp³-hybridized carbons (Fsp3) is 0.188. The van der Waals surface area contributed by atoms with Crippen LogP contribution in [0.2, 0.25) is 0 Å². The summed E-state index contributed by atoms with van der Waals surface area (Å²) in [6.45, 7) is -0.431. The second kappa shape index (κ2) is 7.97. The highest BCUT2D eigenvalue weighted by atomic mass is 16.5. The van der Waals surface area contributed by atoms with Gasteiger partial charge in [0.2, 0.25) is 0 Å². The van der Waals surface area contributed by atoms with Crippen molar-refractivity contribution >= 4 is 17.6 Å². The molecule has 2 aromatic rings. The van der Waals surface area contributed by atoms with Crippen molar-refractivity contribution in [2.45, 2.75) is 0 Å². The molecule has 0 spiro atoms. The summed E-state index contributed by atoms with van der Waals surface area (Å²) < 4.78 is 14.6. The molecule has 0 aliphatic carbocycles. The van der Waals surface area contributed by atoms with Crippen LogP contribution < -0.4 is 21.2 Å². The number of hydrogen-bond acceptors (Lipinski definition) is 8. The highest BCUT2D eigenvalue weighted by molar-refractivity contribution is 6.00. The normalized spacial score (nSPS) is 10.0. The SMILES string of the molecule is COC(=O)CNC(=O)c1c(NO)cc(-c2ccc(OC)cc2)oc1=O. The predicted molar refractivity (Wildman–Crippen MR) is 86.7 cm³/mol. The van der Waals surface area contributed by atoms with Crippen LogP contribution in [-0.2, 0) is 9.53 Å². The molecule has 2 rings (SSSR count). The molecule has 0 aliphatic rings. The smallest absolute Gasteiger partial charge is 0.351 e. The molecule has 132 valence electrons. The van der Waals surface area contributed by atoms with Crippen molar-refractivity contribution in [2.24, 2.45) is 0 Å². The molecule has 3 N–H and O–H groups in total. The molecule has 0 fully saturated rings. The molecule has 25 heavy (non-hydrogen) atoms. The minimum atomic E-state index is -0.979. The molecule has 0 bridgehead atoms. The van der Waals surface area contributed by atoms with Crippen LogP contribution in [0.1, 0.15) is 10.4 Å². The zero-order chi connectivity index (χ0) is 18.4. The van der Waals surface area contributed by atoms with Crippen molar-refractivity contribution < 1.29 is 28.7 Å². The zero-order valence-electron chi connectivity index (χ0n) is 13.5. The number of benzene rings is 1. The fourth-order valence-corrected chi connectivity index (χ4v) is 2.01. The van der Waals surface area contributed by atoms with Gasteiger partial charge in [-0.2, -0.15) is 0 Å². The first-order chi connectivity index (χ1) is 12.0.